The number of anilines is 1. The summed E-state index contributed by atoms with van der Waals surface area (Å²) >= 11 is 6.04. The van der Waals surface area contributed by atoms with E-state index < -0.39 is 5.97 Å². The molecule has 0 aliphatic rings. The summed E-state index contributed by atoms with van der Waals surface area (Å²) in [5, 5.41) is 10.3. The maximum atomic E-state index is 12.1. The number of aryl methyl sites for hydroxylation is 2. The van der Waals surface area contributed by atoms with Crippen molar-refractivity contribution in [3.8, 4) is 0 Å². The molecule has 0 saturated heterocycles. The lowest BCUT2D eigenvalue weighted by Gasteiger charge is -2.11. The number of aromatic nitrogens is 2. The summed E-state index contributed by atoms with van der Waals surface area (Å²) in [7, 11) is 1.27. The van der Waals surface area contributed by atoms with Crippen molar-refractivity contribution in [2.24, 2.45) is 0 Å². The first-order chi connectivity index (χ1) is 10.4. The Labute approximate surface area is 131 Å². The van der Waals surface area contributed by atoms with E-state index in [2.05, 4.69) is 20.3 Å². The van der Waals surface area contributed by atoms with Crippen molar-refractivity contribution in [1.82, 2.24) is 10.3 Å². The van der Waals surface area contributed by atoms with Gasteiger partial charge in [0.15, 0.2) is 0 Å². The quantitative estimate of drug-likeness (QED) is 0.868. The lowest BCUT2D eigenvalue weighted by atomic mass is 10.1. The number of rotatable bonds is 4. The van der Waals surface area contributed by atoms with Crippen LogP contribution in [0.1, 0.15) is 27.3 Å². The number of nitrogens with one attached hydrogen (secondary N) is 1. The second-order valence-electron chi connectivity index (χ2n) is 4.66. The minimum atomic E-state index is -0.561. The Hall–Kier alpha value is -2.41. The summed E-state index contributed by atoms with van der Waals surface area (Å²) in [5.74, 6) is -0.932. The Morgan fingerprint density at radius 2 is 2.05 bits per heavy atom. The predicted octanol–water partition coefficient (Wildman–Crippen LogP) is 2.31. The molecule has 0 spiro atoms. The van der Waals surface area contributed by atoms with E-state index in [9.17, 15) is 9.59 Å². The van der Waals surface area contributed by atoms with E-state index in [1.165, 1.54) is 13.2 Å². The van der Waals surface area contributed by atoms with Crippen LogP contribution in [0, 0.1) is 13.8 Å². The van der Waals surface area contributed by atoms with Crippen LogP contribution in [0.2, 0.25) is 5.02 Å². The zero-order valence-corrected chi connectivity index (χ0v) is 13.0. The molecule has 1 aromatic heterocycles. The fourth-order valence-corrected chi connectivity index (χ4v) is 1.98. The van der Waals surface area contributed by atoms with E-state index in [0.717, 1.165) is 0 Å². The van der Waals surface area contributed by atoms with Gasteiger partial charge in [-0.15, -0.1) is 0 Å². The Morgan fingerprint density at radius 3 is 2.64 bits per heavy atom. The molecule has 1 amide bonds. The third-order valence-corrected chi connectivity index (χ3v) is 3.46. The van der Waals surface area contributed by atoms with Crippen LogP contribution in [-0.4, -0.2) is 29.3 Å². The lowest BCUT2D eigenvalue weighted by molar-refractivity contribution is -0.115. The molecular formula is C14H14ClN3O4. The zero-order valence-electron chi connectivity index (χ0n) is 12.3. The molecule has 116 valence electrons. The van der Waals surface area contributed by atoms with E-state index in [1.807, 2.05) is 0 Å². The Balaban J connectivity index is 2.24. The molecule has 0 radical (unpaired) electrons. The number of nitrogens with zero attached hydrogens (tertiary/aromatic N) is 2. The molecule has 0 fully saturated rings. The van der Waals surface area contributed by atoms with Gasteiger partial charge in [-0.3, -0.25) is 4.79 Å². The number of carbonyl (C=O) groups is 2. The molecule has 0 bridgehead atoms. The molecule has 2 aromatic rings. The van der Waals surface area contributed by atoms with Gasteiger partial charge in [0.25, 0.3) is 0 Å². The largest absolute Gasteiger partial charge is 0.465 e. The molecule has 1 heterocycles. The van der Waals surface area contributed by atoms with E-state index in [0.29, 0.717) is 22.0 Å². The summed E-state index contributed by atoms with van der Waals surface area (Å²) < 4.78 is 9.24. The smallest absolute Gasteiger partial charge is 0.339 e. The molecule has 0 aliphatic carbocycles. The van der Waals surface area contributed by atoms with Gasteiger partial charge in [0, 0.05) is 5.02 Å². The third-order valence-electron chi connectivity index (χ3n) is 3.05. The number of hydrogen-bond acceptors (Lipinski definition) is 6. The predicted molar refractivity (Wildman–Crippen MR) is 78.9 cm³/mol. The first-order valence-corrected chi connectivity index (χ1v) is 6.76. The van der Waals surface area contributed by atoms with Crippen molar-refractivity contribution >= 4 is 29.2 Å². The average molecular weight is 324 g/mol. The summed E-state index contributed by atoms with van der Waals surface area (Å²) in [6.45, 7) is 3.44. The SMILES string of the molecule is COC(=O)c1cc(C)c(Cl)cc1NC(=O)Cc1nonc1C. The van der Waals surface area contributed by atoms with Crippen LogP contribution in [0.15, 0.2) is 16.8 Å². The fourth-order valence-electron chi connectivity index (χ4n) is 1.82. The molecule has 8 heteroatoms. The van der Waals surface area contributed by atoms with Crippen molar-refractivity contribution in [3.05, 3.63) is 39.7 Å². The Bertz CT molecular complexity index is 727. The normalized spacial score (nSPS) is 10.4. The van der Waals surface area contributed by atoms with Gasteiger partial charge in [-0.2, -0.15) is 0 Å². The number of amides is 1. The van der Waals surface area contributed by atoms with Gasteiger partial charge >= 0.3 is 5.97 Å². The van der Waals surface area contributed by atoms with Gasteiger partial charge in [0.2, 0.25) is 5.91 Å². The summed E-state index contributed by atoms with van der Waals surface area (Å²) in [6.07, 6.45) is -0.0263. The second kappa shape index (κ2) is 6.57. The highest BCUT2D eigenvalue weighted by Crippen LogP contribution is 2.26. The van der Waals surface area contributed by atoms with Crippen LogP contribution in [0.3, 0.4) is 0 Å². The molecule has 2 rings (SSSR count). The maximum Gasteiger partial charge on any atom is 0.339 e. The zero-order chi connectivity index (χ0) is 16.3. The Kier molecular flexibility index (Phi) is 4.77. The average Bonchev–Trinajstić information content (AvgIpc) is 2.87. The molecule has 7 nitrogen and oxygen atoms in total. The van der Waals surface area contributed by atoms with Crippen molar-refractivity contribution < 1.29 is 19.0 Å². The van der Waals surface area contributed by atoms with Crippen molar-refractivity contribution in [2.75, 3.05) is 12.4 Å². The summed E-state index contributed by atoms with van der Waals surface area (Å²) in [5.41, 5.74) is 2.17. The van der Waals surface area contributed by atoms with Crippen LogP contribution < -0.4 is 5.32 Å². The first kappa shape index (κ1) is 16.0. The second-order valence-corrected chi connectivity index (χ2v) is 5.07. The number of esters is 1. The standard InChI is InChI=1S/C14H14ClN3O4/c1-7-4-9(14(20)21-3)12(5-10(7)15)16-13(19)6-11-8(2)17-22-18-11/h4-5H,6H2,1-3H3,(H,16,19). The molecular weight excluding hydrogens is 310 g/mol. The summed E-state index contributed by atoms with van der Waals surface area (Å²) in [4.78, 5) is 23.9. The molecule has 0 atom stereocenters. The van der Waals surface area contributed by atoms with Crippen LogP contribution in [0.4, 0.5) is 5.69 Å². The monoisotopic (exact) mass is 323 g/mol. The molecule has 1 N–H and O–H groups in total. The Morgan fingerprint density at radius 1 is 1.32 bits per heavy atom. The van der Waals surface area contributed by atoms with Gasteiger partial charge in [-0.05, 0) is 31.5 Å². The molecule has 1 aromatic carbocycles. The molecule has 0 aliphatic heterocycles. The maximum absolute atomic E-state index is 12.1. The van der Waals surface area contributed by atoms with Crippen molar-refractivity contribution in [2.45, 2.75) is 20.3 Å². The fraction of sp³-hybridized carbons (Fsp3) is 0.286. The highest BCUT2D eigenvalue weighted by atomic mass is 35.5. The van der Waals surface area contributed by atoms with Gasteiger partial charge in [-0.1, -0.05) is 21.9 Å². The van der Waals surface area contributed by atoms with Crippen LogP contribution in [0.5, 0.6) is 0 Å². The van der Waals surface area contributed by atoms with E-state index >= 15 is 0 Å². The van der Waals surface area contributed by atoms with Crippen molar-refractivity contribution in [1.29, 1.82) is 0 Å². The summed E-state index contributed by atoms with van der Waals surface area (Å²) in [6, 6.07) is 3.07. The van der Waals surface area contributed by atoms with Crippen LogP contribution in [0.25, 0.3) is 0 Å². The molecule has 0 saturated carbocycles. The minimum absolute atomic E-state index is 0.0263. The molecule has 0 unspecified atom stereocenters. The lowest BCUT2D eigenvalue weighted by Crippen LogP contribution is -2.18. The van der Waals surface area contributed by atoms with E-state index in [-0.39, 0.29) is 23.6 Å². The third kappa shape index (κ3) is 3.43. The first-order valence-electron chi connectivity index (χ1n) is 6.38. The van der Waals surface area contributed by atoms with E-state index in [4.69, 9.17) is 16.3 Å². The highest BCUT2D eigenvalue weighted by molar-refractivity contribution is 6.32. The number of halogens is 1. The van der Waals surface area contributed by atoms with Crippen LogP contribution in [-0.2, 0) is 16.0 Å². The number of benzene rings is 1. The number of methoxy groups -OCH3 is 1. The van der Waals surface area contributed by atoms with Crippen molar-refractivity contribution in [3.63, 3.8) is 0 Å². The number of hydrogen-bond donors (Lipinski definition) is 1. The van der Waals surface area contributed by atoms with E-state index in [1.54, 1.807) is 19.9 Å². The van der Waals surface area contributed by atoms with Gasteiger partial charge < -0.3 is 10.1 Å². The van der Waals surface area contributed by atoms with Gasteiger partial charge in [0.1, 0.15) is 11.4 Å². The minimum Gasteiger partial charge on any atom is -0.465 e. The van der Waals surface area contributed by atoms with Gasteiger partial charge in [0.05, 0.1) is 24.8 Å². The number of ether oxygens (including phenoxy) is 1. The molecule has 22 heavy (non-hydrogen) atoms. The number of carbonyl (C=O) groups excluding carboxylic acids is 2. The van der Waals surface area contributed by atoms with Gasteiger partial charge in [-0.25, -0.2) is 9.42 Å². The highest BCUT2D eigenvalue weighted by Gasteiger charge is 2.18. The van der Waals surface area contributed by atoms with Crippen LogP contribution >= 0.6 is 11.6 Å². The topological polar surface area (TPSA) is 94.3 Å².